The molecule has 2 saturated carbocycles. The highest BCUT2D eigenvalue weighted by Gasteiger charge is 2.49. The van der Waals surface area contributed by atoms with Crippen LogP contribution in [0.25, 0.3) is 0 Å². The van der Waals surface area contributed by atoms with Crippen molar-refractivity contribution in [3.63, 3.8) is 0 Å². The number of rotatable bonds is 2. The molecule has 1 N–H and O–H groups in total. The van der Waals surface area contributed by atoms with Crippen molar-refractivity contribution in [2.24, 2.45) is 11.8 Å². The Morgan fingerprint density at radius 1 is 1.21 bits per heavy atom. The van der Waals surface area contributed by atoms with Crippen LogP contribution in [0, 0.1) is 11.8 Å². The van der Waals surface area contributed by atoms with Gasteiger partial charge in [-0.2, -0.15) is 0 Å². The van der Waals surface area contributed by atoms with Crippen LogP contribution in [0.4, 0.5) is 0 Å². The second-order valence-corrected chi connectivity index (χ2v) is 6.17. The minimum absolute atomic E-state index is 0.0589. The fourth-order valence-corrected chi connectivity index (χ4v) is 3.73. The van der Waals surface area contributed by atoms with Gasteiger partial charge in [0.05, 0.1) is 24.7 Å². The topological polar surface area (TPSA) is 66.8 Å². The smallest absolute Gasteiger partial charge is 0.306 e. The first-order chi connectivity index (χ1) is 9.12. The summed E-state index contributed by atoms with van der Waals surface area (Å²) in [7, 11) is 0. The molecular weight excluding hydrogens is 246 g/mol. The number of carboxylic acids is 1. The third-order valence-electron chi connectivity index (χ3n) is 5.08. The summed E-state index contributed by atoms with van der Waals surface area (Å²) in [4.78, 5) is 25.7. The van der Waals surface area contributed by atoms with Crippen molar-refractivity contribution in [2.45, 2.75) is 44.1 Å². The normalized spacial score (nSPS) is 33.2. The lowest BCUT2D eigenvalue weighted by Crippen LogP contribution is -2.63. The zero-order valence-electron chi connectivity index (χ0n) is 11.1. The van der Waals surface area contributed by atoms with Crippen molar-refractivity contribution in [2.75, 3.05) is 19.8 Å². The van der Waals surface area contributed by atoms with E-state index in [0.29, 0.717) is 32.6 Å². The van der Waals surface area contributed by atoms with E-state index in [1.807, 2.05) is 4.90 Å². The molecule has 1 amide bonds. The SMILES string of the molecule is O=C(O)[C@@H]1CC[C@H](C(=O)N2CCOCC23CCC3)C1. The molecule has 0 bridgehead atoms. The molecule has 2 aliphatic carbocycles. The van der Waals surface area contributed by atoms with Crippen LogP contribution in [0.1, 0.15) is 38.5 Å². The van der Waals surface area contributed by atoms with Gasteiger partial charge in [-0.1, -0.05) is 0 Å². The molecule has 0 aromatic rings. The molecule has 1 heterocycles. The van der Waals surface area contributed by atoms with Crippen molar-refractivity contribution in [1.29, 1.82) is 0 Å². The average molecular weight is 267 g/mol. The zero-order valence-corrected chi connectivity index (χ0v) is 11.1. The number of ether oxygens (including phenoxy) is 1. The Hall–Kier alpha value is -1.10. The van der Waals surface area contributed by atoms with Gasteiger partial charge in [-0.25, -0.2) is 0 Å². The third-order valence-corrected chi connectivity index (χ3v) is 5.08. The van der Waals surface area contributed by atoms with Gasteiger partial charge in [-0.15, -0.1) is 0 Å². The molecule has 5 heteroatoms. The summed E-state index contributed by atoms with van der Waals surface area (Å²) >= 11 is 0. The van der Waals surface area contributed by atoms with Crippen molar-refractivity contribution in [1.82, 2.24) is 4.90 Å². The van der Waals surface area contributed by atoms with Gasteiger partial charge >= 0.3 is 5.97 Å². The fraction of sp³-hybridized carbons (Fsp3) is 0.857. The maximum atomic E-state index is 12.7. The van der Waals surface area contributed by atoms with E-state index in [2.05, 4.69) is 0 Å². The Labute approximate surface area is 112 Å². The van der Waals surface area contributed by atoms with Crippen molar-refractivity contribution >= 4 is 11.9 Å². The van der Waals surface area contributed by atoms with Crippen molar-refractivity contribution in [3.05, 3.63) is 0 Å². The molecule has 0 unspecified atom stereocenters. The first-order valence-electron chi connectivity index (χ1n) is 7.24. The predicted octanol–water partition coefficient (Wildman–Crippen LogP) is 1.27. The molecule has 1 aliphatic heterocycles. The number of carbonyl (C=O) groups is 2. The molecule has 5 nitrogen and oxygen atoms in total. The Bertz CT molecular complexity index is 391. The maximum Gasteiger partial charge on any atom is 0.306 e. The Balaban J connectivity index is 1.68. The van der Waals surface area contributed by atoms with Crippen LogP contribution in [-0.4, -0.2) is 47.2 Å². The number of carboxylic acid groups (broad SMARTS) is 1. The summed E-state index contributed by atoms with van der Waals surface area (Å²) < 4.78 is 5.54. The van der Waals surface area contributed by atoms with Gasteiger partial charge in [0.25, 0.3) is 0 Å². The molecule has 1 saturated heterocycles. The zero-order chi connectivity index (χ0) is 13.5. The third kappa shape index (κ3) is 2.14. The standard InChI is InChI=1S/C14H21NO4/c16-12(10-2-3-11(8-10)13(17)18)15-6-7-19-9-14(15)4-1-5-14/h10-11H,1-9H2,(H,17,18)/t10-,11+/m0/s1. The number of amides is 1. The van der Waals surface area contributed by atoms with E-state index in [1.54, 1.807) is 0 Å². The molecule has 3 fully saturated rings. The summed E-state index contributed by atoms with van der Waals surface area (Å²) in [5.74, 6) is -0.994. The van der Waals surface area contributed by atoms with Gasteiger partial charge in [-0.3, -0.25) is 9.59 Å². The highest BCUT2D eigenvalue weighted by molar-refractivity contribution is 5.82. The summed E-state index contributed by atoms with van der Waals surface area (Å²) in [6.45, 7) is 1.95. The minimum Gasteiger partial charge on any atom is -0.481 e. The van der Waals surface area contributed by atoms with Gasteiger partial charge < -0.3 is 14.7 Å². The fourth-order valence-electron chi connectivity index (χ4n) is 3.73. The maximum absolute atomic E-state index is 12.7. The minimum atomic E-state index is -0.754. The summed E-state index contributed by atoms with van der Waals surface area (Å²) in [6, 6.07) is 0. The monoisotopic (exact) mass is 267 g/mol. The van der Waals surface area contributed by atoms with Gasteiger partial charge in [-0.05, 0) is 38.5 Å². The van der Waals surface area contributed by atoms with E-state index in [1.165, 1.54) is 0 Å². The van der Waals surface area contributed by atoms with E-state index >= 15 is 0 Å². The van der Waals surface area contributed by atoms with Gasteiger partial charge in [0, 0.05) is 12.5 Å². The molecule has 2 atom stereocenters. The van der Waals surface area contributed by atoms with Crippen molar-refractivity contribution < 1.29 is 19.4 Å². The average Bonchev–Trinajstić information content (AvgIpc) is 2.85. The second kappa shape index (κ2) is 4.78. The van der Waals surface area contributed by atoms with E-state index in [9.17, 15) is 9.59 Å². The summed E-state index contributed by atoms with van der Waals surface area (Å²) in [6.07, 6.45) is 5.12. The first kappa shape index (κ1) is 12.9. The molecule has 19 heavy (non-hydrogen) atoms. The molecule has 0 radical (unpaired) electrons. The molecule has 1 spiro atoms. The number of hydrogen-bond donors (Lipinski definition) is 1. The number of morpholine rings is 1. The first-order valence-corrected chi connectivity index (χ1v) is 7.24. The van der Waals surface area contributed by atoms with Crippen LogP contribution < -0.4 is 0 Å². The number of aliphatic carboxylic acids is 1. The number of carbonyl (C=O) groups excluding carboxylic acids is 1. The Kier molecular flexibility index (Phi) is 3.25. The molecule has 0 aromatic carbocycles. The van der Waals surface area contributed by atoms with E-state index in [4.69, 9.17) is 9.84 Å². The quantitative estimate of drug-likeness (QED) is 0.818. The molecule has 0 aromatic heterocycles. The lowest BCUT2D eigenvalue weighted by Gasteiger charge is -2.53. The highest BCUT2D eigenvalue weighted by atomic mass is 16.5. The van der Waals surface area contributed by atoms with Crippen LogP contribution in [-0.2, 0) is 14.3 Å². The van der Waals surface area contributed by atoms with Crippen LogP contribution in [0.2, 0.25) is 0 Å². The molecule has 3 rings (SSSR count). The number of hydrogen-bond acceptors (Lipinski definition) is 3. The van der Waals surface area contributed by atoms with Gasteiger partial charge in [0.2, 0.25) is 5.91 Å². The molecule has 3 aliphatic rings. The summed E-state index contributed by atoms with van der Waals surface area (Å²) in [5.41, 5.74) is -0.0589. The molecular formula is C14H21NO4. The molecule has 106 valence electrons. The van der Waals surface area contributed by atoms with E-state index in [-0.39, 0.29) is 23.3 Å². The van der Waals surface area contributed by atoms with Gasteiger partial charge in [0.1, 0.15) is 0 Å². The predicted molar refractivity (Wildman–Crippen MR) is 67.6 cm³/mol. The van der Waals surface area contributed by atoms with Crippen LogP contribution in [0.5, 0.6) is 0 Å². The van der Waals surface area contributed by atoms with E-state index in [0.717, 1.165) is 25.7 Å². The van der Waals surface area contributed by atoms with Crippen LogP contribution in [0.15, 0.2) is 0 Å². The second-order valence-electron chi connectivity index (χ2n) is 6.17. The summed E-state index contributed by atoms with van der Waals surface area (Å²) in [5, 5.41) is 9.04. The highest BCUT2D eigenvalue weighted by Crippen LogP contribution is 2.42. The Morgan fingerprint density at radius 3 is 2.53 bits per heavy atom. The van der Waals surface area contributed by atoms with Crippen molar-refractivity contribution in [3.8, 4) is 0 Å². The van der Waals surface area contributed by atoms with Gasteiger partial charge in [0.15, 0.2) is 0 Å². The number of nitrogens with zero attached hydrogens (tertiary/aromatic N) is 1. The van der Waals surface area contributed by atoms with E-state index < -0.39 is 5.97 Å². The largest absolute Gasteiger partial charge is 0.481 e. The van der Waals surface area contributed by atoms with Crippen LogP contribution in [0.3, 0.4) is 0 Å². The van der Waals surface area contributed by atoms with Crippen LogP contribution >= 0.6 is 0 Å². The lowest BCUT2D eigenvalue weighted by molar-refractivity contribution is -0.162. The Morgan fingerprint density at radius 2 is 1.95 bits per heavy atom. The lowest BCUT2D eigenvalue weighted by atomic mass is 9.74.